The summed E-state index contributed by atoms with van der Waals surface area (Å²) in [4.78, 5) is 25.6. The largest absolute Gasteiger partial charge is 0.384 e. The molecule has 4 unspecified atom stereocenters. The molecule has 0 aliphatic carbocycles. The van der Waals surface area contributed by atoms with Crippen LogP contribution in [0.25, 0.3) is 0 Å². The van der Waals surface area contributed by atoms with Gasteiger partial charge in [0.15, 0.2) is 9.03 Å². The number of hydrogen-bond donors (Lipinski definition) is 3. The summed E-state index contributed by atoms with van der Waals surface area (Å²) >= 11 is 0. The molecule has 28 heavy (non-hydrogen) atoms. The fourth-order valence-corrected chi connectivity index (χ4v) is 3.12. The van der Waals surface area contributed by atoms with E-state index in [0.29, 0.717) is 25.3 Å². The van der Waals surface area contributed by atoms with Crippen molar-refractivity contribution in [1.29, 1.82) is 0 Å². The quantitative estimate of drug-likeness (QED) is 0.113. The maximum absolute atomic E-state index is 11.4. The number of carbonyl (C=O) groups is 1. The molecule has 4 N–H and O–H groups in total. The van der Waals surface area contributed by atoms with Crippen molar-refractivity contribution in [2.24, 2.45) is 10.7 Å². The Labute approximate surface area is 169 Å². The molecule has 1 fully saturated rings. The van der Waals surface area contributed by atoms with Crippen molar-refractivity contribution in [1.82, 2.24) is 10.2 Å². The molecule has 10 heteroatoms. The molecule has 162 valence electrons. The van der Waals surface area contributed by atoms with E-state index in [1.165, 1.54) is 17.7 Å². The second-order valence-corrected chi connectivity index (χ2v) is 6.93. The Bertz CT molecular complexity index is 481. The molecule has 9 nitrogen and oxygen atoms in total. The maximum Gasteiger partial charge on any atom is 0.215 e. The van der Waals surface area contributed by atoms with Gasteiger partial charge in [-0.2, -0.15) is 0 Å². The van der Waals surface area contributed by atoms with Crippen LogP contribution in [0.3, 0.4) is 0 Å². The second-order valence-electron chi connectivity index (χ2n) is 6.46. The third-order valence-electron chi connectivity index (χ3n) is 4.45. The predicted octanol–water partition coefficient (Wildman–Crippen LogP) is 1.13. The number of amidine groups is 1. The maximum atomic E-state index is 11.4. The van der Waals surface area contributed by atoms with Gasteiger partial charge in [0.2, 0.25) is 6.41 Å². The molecule has 1 saturated heterocycles. The highest BCUT2D eigenvalue weighted by Crippen LogP contribution is 2.27. The van der Waals surface area contributed by atoms with Crippen LogP contribution >= 0.6 is 9.03 Å². The average Bonchev–Trinajstić information content (AvgIpc) is 3.11. The SMILES string of the molecule is CCNCCCCCCOC1CC(N(C=O)/C=C\C(N)=NC)OC1COPO. The standard InChI is InChI=1S/C18H35N4O5P/c1-3-21-9-6-4-5-7-11-25-15-12-18(27-16(15)13-26-28-24)22(14-23)10-8-17(19)20-2/h8,10,14-16,18,21,24,28H,3-7,9,11-13H2,1-2H3,(H2,19,20)/b10-8-. The van der Waals surface area contributed by atoms with E-state index in [2.05, 4.69) is 17.2 Å². The number of nitrogens with zero attached hydrogens (tertiary/aromatic N) is 2. The first-order chi connectivity index (χ1) is 13.7. The van der Waals surface area contributed by atoms with Gasteiger partial charge in [-0.05, 0) is 32.0 Å². The van der Waals surface area contributed by atoms with Crippen LogP contribution in [0, 0.1) is 0 Å². The van der Waals surface area contributed by atoms with Gasteiger partial charge in [-0.25, -0.2) is 0 Å². The minimum absolute atomic E-state index is 0.198. The summed E-state index contributed by atoms with van der Waals surface area (Å²) in [7, 11) is 0.962. The molecule has 1 amide bonds. The van der Waals surface area contributed by atoms with Gasteiger partial charge in [0.1, 0.15) is 18.2 Å². The van der Waals surface area contributed by atoms with Crippen molar-refractivity contribution in [3.63, 3.8) is 0 Å². The molecule has 0 aromatic carbocycles. The molecule has 1 aliphatic rings. The van der Waals surface area contributed by atoms with Crippen molar-refractivity contribution < 1.29 is 23.7 Å². The number of hydrogen-bond acceptors (Lipinski definition) is 7. The van der Waals surface area contributed by atoms with Gasteiger partial charge in [0.25, 0.3) is 0 Å². The first-order valence-electron chi connectivity index (χ1n) is 9.78. The smallest absolute Gasteiger partial charge is 0.215 e. The number of nitrogens with one attached hydrogen (secondary N) is 1. The summed E-state index contributed by atoms with van der Waals surface area (Å²) in [5.41, 5.74) is 5.63. The van der Waals surface area contributed by atoms with Crippen LogP contribution in [-0.4, -0.2) is 73.8 Å². The van der Waals surface area contributed by atoms with Crippen molar-refractivity contribution in [3.8, 4) is 0 Å². The second kappa shape index (κ2) is 15.8. The Balaban J connectivity index is 2.46. The van der Waals surface area contributed by atoms with Crippen LogP contribution in [0.4, 0.5) is 0 Å². The lowest BCUT2D eigenvalue weighted by atomic mass is 10.1. The summed E-state index contributed by atoms with van der Waals surface area (Å²) in [6.07, 6.45) is 7.70. The topological polar surface area (TPSA) is 119 Å². The van der Waals surface area contributed by atoms with E-state index in [1.54, 1.807) is 19.3 Å². The predicted molar refractivity (Wildman–Crippen MR) is 111 cm³/mol. The van der Waals surface area contributed by atoms with E-state index in [-0.39, 0.29) is 18.8 Å². The number of aliphatic imine (C=N–C) groups is 1. The normalized spacial score (nSPS) is 23.2. The Hall–Kier alpha value is -1.09. The number of ether oxygens (including phenoxy) is 2. The Morgan fingerprint density at radius 2 is 2.21 bits per heavy atom. The minimum Gasteiger partial charge on any atom is -0.384 e. The Kier molecular flexibility index (Phi) is 14.1. The molecule has 0 radical (unpaired) electrons. The van der Waals surface area contributed by atoms with Crippen LogP contribution in [0.15, 0.2) is 17.3 Å². The van der Waals surface area contributed by atoms with Gasteiger partial charge in [0.05, 0.1) is 12.7 Å². The van der Waals surface area contributed by atoms with Crippen molar-refractivity contribution >= 4 is 21.3 Å². The monoisotopic (exact) mass is 418 g/mol. The molecule has 1 aliphatic heterocycles. The number of amides is 1. The zero-order chi connectivity index (χ0) is 20.6. The van der Waals surface area contributed by atoms with Gasteiger partial charge in [-0.15, -0.1) is 0 Å². The van der Waals surface area contributed by atoms with Crippen LogP contribution in [0.2, 0.25) is 0 Å². The minimum atomic E-state index is -0.611. The highest BCUT2D eigenvalue weighted by Gasteiger charge is 2.38. The number of nitrogens with two attached hydrogens (primary N) is 1. The van der Waals surface area contributed by atoms with E-state index in [4.69, 9.17) is 24.6 Å². The van der Waals surface area contributed by atoms with Crippen molar-refractivity contribution in [2.45, 2.75) is 57.5 Å². The lowest BCUT2D eigenvalue weighted by molar-refractivity contribution is -0.127. The highest BCUT2D eigenvalue weighted by molar-refractivity contribution is 7.24. The molecule has 0 bridgehead atoms. The summed E-state index contributed by atoms with van der Waals surface area (Å²) in [6.45, 7) is 5.02. The van der Waals surface area contributed by atoms with Crippen LogP contribution in [0.1, 0.15) is 39.0 Å². The Morgan fingerprint density at radius 1 is 1.43 bits per heavy atom. The Morgan fingerprint density at radius 3 is 2.89 bits per heavy atom. The van der Waals surface area contributed by atoms with Crippen LogP contribution in [0.5, 0.6) is 0 Å². The van der Waals surface area contributed by atoms with Gasteiger partial charge in [-0.3, -0.25) is 14.7 Å². The molecule has 0 aromatic heterocycles. The molecule has 1 rings (SSSR count). The third kappa shape index (κ3) is 9.91. The molecule has 4 atom stereocenters. The number of carbonyl (C=O) groups excluding carboxylic acids is 1. The van der Waals surface area contributed by atoms with Crippen LogP contribution < -0.4 is 11.1 Å². The van der Waals surface area contributed by atoms with Crippen molar-refractivity contribution in [2.75, 3.05) is 33.4 Å². The molecule has 0 saturated carbocycles. The molecule has 0 spiro atoms. The first kappa shape index (κ1) is 24.9. The number of unbranched alkanes of at least 4 members (excludes halogenated alkanes) is 3. The fourth-order valence-electron chi connectivity index (χ4n) is 2.88. The zero-order valence-electron chi connectivity index (χ0n) is 16.9. The number of rotatable bonds is 16. The van der Waals surface area contributed by atoms with Gasteiger partial charge in [0, 0.05) is 26.3 Å². The van der Waals surface area contributed by atoms with Gasteiger partial charge < -0.3 is 29.9 Å². The molecular formula is C18H35N4O5P. The summed E-state index contributed by atoms with van der Waals surface area (Å²) in [6, 6.07) is 0. The van der Waals surface area contributed by atoms with E-state index in [9.17, 15) is 4.79 Å². The summed E-state index contributed by atoms with van der Waals surface area (Å²) in [5, 5.41) is 3.32. The van der Waals surface area contributed by atoms with E-state index in [1.807, 2.05) is 0 Å². The first-order valence-corrected chi connectivity index (χ1v) is 10.6. The van der Waals surface area contributed by atoms with Crippen LogP contribution in [-0.2, 0) is 18.8 Å². The summed E-state index contributed by atoms with van der Waals surface area (Å²) in [5.74, 6) is 0.313. The molecule has 0 aromatic rings. The zero-order valence-corrected chi connectivity index (χ0v) is 17.9. The van der Waals surface area contributed by atoms with E-state index >= 15 is 0 Å². The van der Waals surface area contributed by atoms with E-state index in [0.717, 1.165) is 25.9 Å². The van der Waals surface area contributed by atoms with Crippen molar-refractivity contribution in [3.05, 3.63) is 12.3 Å². The summed E-state index contributed by atoms with van der Waals surface area (Å²) < 4.78 is 17.0. The van der Waals surface area contributed by atoms with E-state index < -0.39 is 15.3 Å². The van der Waals surface area contributed by atoms with Gasteiger partial charge in [-0.1, -0.05) is 19.8 Å². The molecule has 1 heterocycles. The third-order valence-corrected chi connectivity index (χ3v) is 4.75. The fraction of sp³-hybridized carbons (Fsp3) is 0.778. The average molecular weight is 418 g/mol. The lowest BCUT2D eigenvalue weighted by Gasteiger charge is -2.20. The lowest BCUT2D eigenvalue weighted by Crippen LogP contribution is -2.31. The molecular weight excluding hydrogens is 383 g/mol. The highest BCUT2D eigenvalue weighted by atomic mass is 31.1. The van der Waals surface area contributed by atoms with Gasteiger partial charge >= 0.3 is 0 Å².